The van der Waals surface area contributed by atoms with Gasteiger partial charge in [0.25, 0.3) is 0 Å². The molecule has 0 aliphatic carbocycles. The molecule has 0 aliphatic heterocycles. The first-order valence-corrected chi connectivity index (χ1v) is 11.6. The quantitative estimate of drug-likeness (QED) is 0.247. The maximum Gasteiger partial charge on any atom is 0.314 e. The Kier molecular flexibility index (Phi) is 6.96. The lowest BCUT2D eigenvalue weighted by Crippen LogP contribution is -2.20. The van der Waals surface area contributed by atoms with Crippen molar-refractivity contribution in [2.24, 2.45) is 5.92 Å². The fourth-order valence-electron chi connectivity index (χ4n) is 3.49. The molecule has 3 nitrogen and oxygen atoms in total. The SMILES string of the molecule is CC(C)C(C(=O)OCc1ccc(F)c(Oc2ccc(F)cc2)c1)c1cc2cc(Cl)ccc2s1. The van der Waals surface area contributed by atoms with E-state index in [1.165, 1.54) is 42.5 Å². The van der Waals surface area contributed by atoms with Gasteiger partial charge in [0.05, 0.1) is 5.92 Å². The molecule has 0 fully saturated rings. The summed E-state index contributed by atoms with van der Waals surface area (Å²) in [4.78, 5) is 13.9. The molecule has 170 valence electrons. The smallest absolute Gasteiger partial charge is 0.314 e. The van der Waals surface area contributed by atoms with Gasteiger partial charge in [0.15, 0.2) is 11.6 Å². The van der Waals surface area contributed by atoms with Gasteiger partial charge in [0.2, 0.25) is 0 Å². The third-order valence-corrected chi connectivity index (χ3v) is 6.58. The van der Waals surface area contributed by atoms with Crippen molar-refractivity contribution in [3.05, 3.63) is 93.8 Å². The van der Waals surface area contributed by atoms with Gasteiger partial charge in [0, 0.05) is 14.6 Å². The highest BCUT2D eigenvalue weighted by Gasteiger charge is 2.28. The number of benzene rings is 3. The van der Waals surface area contributed by atoms with Crippen LogP contribution < -0.4 is 4.74 Å². The number of fused-ring (bicyclic) bond motifs is 1. The third-order valence-electron chi connectivity index (χ3n) is 5.14. The van der Waals surface area contributed by atoms with E-state index in [-0.39, 0.29) is 24.2 Å². The van der Waals surface area contributed by atoms with E-state index < -0.39 is 17.6 Å². The number of hydrogen-bond acceptors (Lipinski definition) is 4. The van der Waals surface area contributed by atoms with E-state index >= 15 is 0 Å². The predicted molar refractivity (Wildman–Crippen MR) is 127 cm³/mol. The maximum absolute atomic E-state index is 14.2. The van der Waals surface area contributed by atoms with Gasteiger partial charge in [-0.15, -0.1) is 11.3 Å². The lowest BCUT2D eigenvalue weighted by Gasteiger charge is -2.18. The average Bonchev–Trinajstić information content (AvgIpc) is 3.18. The summed E-state index contributed by atoms with van der Waals surface area (Å²) < 4.78 is 39.5. The molecule has 0 saturated heterocycles. The molecular formula is C26H21ClF2O3S. The molecule has 33 heavy (non-hydrogen) atoms. The molecule has 3 aromatic carbocycles. The normalized spacial score (nSPS) is 12.2. The molecule has 1 heterocycles. The van der Waals surface area contributed by atoms with Crippen molar-refractivity contribution < 1.29 is 23.0 Å². The summed E-state index contributed by atoms with van der Waals surface area (Å²) in [6.07, 6.45) is 0. The number of rotatable bonds is 7. The second-order valence-corrected chi connectivity index (χ2v) is 9.53. The summed E-state index contributed by atoms with van der Waals surface area (Å²) in [5, 5.41) is 1.63. The molecule has 4 aromatic rings. The van der Waals surface area contributed by atoms with Crippen LogP contribution in [0.4, 0.5) is 8.78 Å². The first kappa shape index (κ1) is 23.2. The molecule has 0 saturated carbocycles. The lowest BCUT2D eigenvalue weighted by atomic mass is 9.94. The molecule has 1 unspecified atom stereocenters. The van der Waals surface area contributed by atoms with Gasteiger partial charge in [-0.25, -0.2) is 8.78 Å². The highest BCUT2D eigenvalue weighted by atomic mass is 35.5. The Labute approximate surface area is 199 Å². The summed E-state index contributed by atoms with van der Waals surface area (Å²) in [5.41, 5.74) is 0.576. The minimum absolute atomic E-state index is 0.0200. The van der Waals surface area contributed by atoms with Crippen LogP contribution in [-0.2, 0) is 16.1 Å². The third kappa shape index (κ3) is 5.52. The van der Waals surface area contributed by atoms with Crippen LogP contribution in [0, 0.1) is 17.6 Å². The van der Waals surface area contributed by atoms with Crippen molar-refractivity contribution in [3.63, 3.8) is 0 Å². The van der Waals surface area contributed by atoms with Crippen molar-refractivity contribution in [1.82, 2.24) is 0 Å². The second-order valence-electron chi connectivity index (χ2n) is 7.98. The monoisotopic (exact) mass is 486 g/mol. The van der Waals surface area contributed by atoms with Gasteiger partial charge in [-0.2, -0.15) is 0 Å². The van der Waals surface area contributed by atoms with Gasteiger partial charge in [-0.05, 0) is 77.5 Å². The zero-order valence-corrected chi connectivity index (χ0v) is 19.6. The summed E-state index contributed by atoms with van der Waals surface area (Å²) in [6.45, 7) is 3.91. The summed E-state index contributed by atoms with van der Waals surface area (Å²) in [6, 6.07) is 17.1. The molecule has 0 N–H and O–H groups in total. The van der Waals surface area contributed by atoms with Gasteiger partial charge in [-0.1, -0.05) is 31.5 Å². The van der Waals surface area contributed by atoms with Crippen molar-refractivity contribution >= 4 is 39.0 Å². The largest absolute Gasteiger partial charge is 0.460 e. The van der Waals surface area contributed by atoms with Crippen LogP contribution in [0.2, 0.25) is 5.02 Å². The van der Waals surface area contributed by atoms with Gasteiger partial charge < -0.3 is 9.47 Å². The first-order valence-electron chi connectivity index (χ1n) is 10.4. The number of esters is 1. The number of carbonyl (C=O) groups is 1. The summed E-state index contributed by atoms with van der Waals surface area (Å²) in [7, 11) is 0. The molecular weight excluding hydrogens is 466 g/mol. The molecule has 0 spiro atoms. The van der Waals surface area contributed by atoms with E-state index in [1.54, 1.807) is 11.3 Å². The van der Waals surface area contributed by atoms with Crippen LogP contribution in [0.5, 0.6) is 11.5 Å². The molecule has 1 aromatic heterocycles. The number of hydrogen-bond donors (Lipinski definition) is 0. The van der Waals surface area contributed by atoms with Crippen LogP contribution in [0.3, 0.4) is 0 Å². The zero-order valence-electron chi connectivity index (χ0n) is 18.0. The van der Waals surface area contributed by atoms with E-state index in [2.05, 4.69) is 0 Å². The van der Waals surface area contributed by atoms with E-state index in [9.17, 15) is 13.6 Å². The Morgan fingerprint density at radius 2 is 1.76 bits per heavy atom. The lowest BCUT2D eigenvalue weighted by molar-refractivity contribution is -0.147. The minimum atomic E-state index is -0.571. The van der Waals surface area contributed by atoms with Gasteiger partial charge in [-0.3, -0.25) is 4.79 Å². The number of ether oxygens (including phenoxy) is 2. The average molecular weight is 487 g/mol. The standard InChI is InChI=1S/C26H21ClF2O3S/c1-15(2)25(24-13-17-12-18(27)4-10-23(17)33-24)26(30)31-14-16-3-9-21(29)22(11-16)32-20-7-5-19(28)6-8-20/h3-13,15,25H,14H2,1-2H3. The molecule has 0 bridgehead atoms. The van der Waals surface area contributed by atoms with Crippen LogP contribution in [0.25, 0.3) is 10.1 Å². The molecule has 0 radical (unpaired) electrons. The molecule has 7 heteroatoms. The molecule has 1 atom stereocenters. The number of halogens is 3. The molecule has 4 rings (SSSR count). The van der Waals surface area contributed by atoms with Crippen molar-refractivity contribution in [1.29, 1.82) is 0 Å². The summed E-state index contributed by atoms with van der Waals surface area (Å²) in [5.74, 6) is -1.48. The van der Waals surface area contributed by atoms with Crippen LogP contribution in [0.1, 0.15) is 30.2 Å². The highest BCUT2D eigenvalue weighted by Crippen LogP contribution is 2.37. The minimum Gasteiger partial charge on any atom is -0.460 e. The number of carbonyl (C=O) groups excluding carboxylic acids is 1. The Hall–Kier alpha value is -2.96. The highest BCUT2D eigenvalue weighted by molar-refractivity contribution is 7.19. The van der Waals surface area contributed by atoms with E-state index in [1.807, 2.05) is 38.1 Å². The van der Waals surface area contributed by atoms with E-state index in [0.717, 1.165) is 15.0 Å². The van der Waals surface area contributed by atoms with Crippen LogP contribution >= 0.6 is 22.9 Å². The molecule has 0 aliphatic rings. The van der Waals surface area contributed by atoms with Crippen molar-refractivity contribution in [2.75, 3.05) is 0 Å². The fraction of sp³-hybridized carbons (Fsp3) is 0.192. The fourth-order valence-corrected chi connectivity index (χ4v) is 4.98. The van der Waals surface area contributed by atoms with E-state index in [0.29, 0.717) is 16.3 Å². The predicted octanol–water partition coefficient (Wildman–Crippen LogP) is 8.11. The zero-order chi connectivity index (χ0) is 23.5. The van der Waals surface area contributed by atoms with Crippen LogP contribution in [0.15, 0.2) is 66.7 Å². The van der Waals surface area contributed by atoms with Crippen molar-refractivity contribution in [2.45, 2.75) is 26.4 Å². The summed E-state index contributed by atoms with van der Waals surface area (Å²) >= 11 is 7.63. The molecule has 0 amide bonds. The van der Waals surface area contributed by atoms with Crippen LogP contribution in [-0.4, -0.2) is 5.97 Å². The Bertz CT molecular complexity index is 1280. The topological polar surface area (TPSA) is 35.5 Å². The maximum atomic E-state index is 14.2. The Morgan fingerprint density at radius 1 is 1.00 bits per heavy atom. The second kappa shape index (κ2) is 9.89. The van der Waals surface area contributed by atoms with Gasteiger partial charge in [0.1, 0.15) is 18.2 Å². The Balaban J connectivity index is 1.48. The van der Waals surface area contributed by atoms with Crippen molar-refractivity contribution in [3.8, 4) is 11.5 Å². The van der Waals surface area contributed by atoms with Gasteiger partial charge >= 0.3 is 5.97 Å². The first-order chi connectivity index (χ1) is 15.8. The Morgan fingerprint density at radius 3 is 2.48 bits per heavy atom. The van der Waals surface area contributed by atoms with E-state index in [4.69, 9.17) is 21.1 Å². The number of thiophene rings is 1.